The molecule has 0 aliphatic carbocycles. The lowest BCUT2D eigenvalue weighted by molar-refractivity contribution is 0.105. The predicted molar refractivity (Wildman–Crippen MR) is 53.5 cm³/mol. The molecule has 1 saturated heterocycles. The third-order valence-electron chi connectivity index (χ3n) is 2.39. The summed E-state index contributed by atoms with van der Waals surface area (Å²) in [7, 11) is 0. The Morgan fingerprint density at radius 2 is 2.33 bits per heavy atom. The summed E-state index contributed by atoms with van der Waals surface area (Å²) in [5, 5.41) is 3.38. The maximum Gasteiger partial charge on any atom is 0.0281 e. The molecule has 3 heteroatoms. The number of hydrogen-bond donors (Lipinski definition) is 1. The van der Waals surface area contributed by atoms with Crippen LogP contribution >= 0.6 is 11.6 Å². The standard InChI is InChI=1S/C9H17ClN2/c1-9(2)8-11-5-7-12(9)6-3-4-10/h3-4,11H,5-8H2,1-2H3. The summed E-state index contributed by atoms with van der Waals surface area (Å²) in [4.78, 5) is 2.43. The van der Waals surface area contributed by atoms with E-state index in [0.717, 1.165) is 26.2 Å². The molecule has 0 aromatic heterocycles. The van der Waals surface area contributed by atoms with Crippen LogP contribution < -0.4 is 5.32 Å². The average molecular weight is 189 g/mol. The third kappa shape index (κ3) is 2.47. The predicted octanol–water partition coefficient (Wildman–Crippen LogP) is 1.42. The van der Waals surface area contributed by atoms with Crippen LogP contribution in [0.5, 0.6) is 0 Å². The number of nitrogens with one attached hydrogen (secondary N) is 1. The topological polar surface area (TPSA) is 15.3 Å². The molecule has 0 amide bonds. The van der Waals surface area contributed by atoms with Gasteiger partial charge in [0.25, 0.3) is 0 Å². The first-order valence-electron chi connectivity index (χ1n) is 4.38. The van der Waals surface area contributed by atoms with E-state index in [1.807, 2.05) is 6.08 Å². The second-order valence-corrected chi connectivity index (χ2v) is 4.05. The van der Waals surface area contributed by atoms with Crippen molar-refractivity contribution in [3.63, 3.8) is 0 Å². The summed E-state index contributed by atoms with van der Waals surface area (Å²) in [6.45, 7) is 8.71. The molecule has 1 aliphatic rings. The van der Waals surface area contributed by atoms with Crippen molar-refractivity contribution in [1.29, 1.82) is 0 Å². The van der Waals surface area contributed by atoms with Crippen LogP contribution in [0.4, 0.5) is 0 Å². The van der Waals surface area contributed by atoms with Gasteiger partial charge in [-0.2, -0.15) is 0 Å². The van der Waals surface area contributed by atoms with Gasteiger partial charge in [-0.25, -0.2) is 0 Å². The molecule has 0 aromatic carbocycles. The maximum absolute atomic E-state index is 5.49. The average Bonchev–Trinajstić information content (AvgIpc) is 2.02. The minimum absolute atomic E-state index is 0.259. The monoisotopic (exact) mass is 188 g/mol. The van der Waals surface area contributed by atoms with E-state index in [-0.39, 0.29) is 5.54 Å². The van der Waals surface area contributed by atoms with Crippen LogP contribution in [-0.4, -0.2) is 36.6 Å². The Kier molecular flexibility index (Phi) is 3.56. The Hall–Kier alpha value is -0.0500. The summed E-state index contributed by atoms with van der Waals surface area (Å²) in [6, 6.07) is 0. The molecule has 70 valence electrons. The van der Waals surface area contributed by atoms with Crippen LogP contribution in [0.3, 0.4) is 0 Å². The third-order valence-corrected chi connectivity index (χ3v) is 2.57. The number of hydrogen-bond acceptors (Lipinski definition) is 2. The van der Waals surface area contributed by atoms with Crippen molar-refractivity contribution in [3.05, 3.63) is 11.6 Å². The lowest BCUT2D eigenvalue weighted by Crippen LogP contribution is -2.57. The summed E-state index contributed by atoms with van der Waals surface area (Å²) < 4.78 is 0. The molecule has 0 atom stereocenters. The van der Waals surface area contributed by atoms with Crippen molar-refractivity contribution in [3.8, 4) is 0 Å². The second kappa shape index (κ2) is 4.26. The van der Waals surface area contributed by atoms with Gasteiger partial charge in [0.1, 0.15) is 0 Å². The highest BCUT2D eigenvalue weighted by Gasteiger charge is 2.28. The van der Waals surface area contributed by atoms with Crippen LogP contribution in [0.15, 0.2) is 11.6 Å². The molecule has 0 spiro atoms. The molecule has 0 radical (unpaired) electrons. The fourth-order valence-corrected chi connectivity index (χ4v) is 1.61. The molecule has 0 aromatic rings. The number of piperazine rings is 1. The summed E-state index contributed by atoms with van der Waals surface area (Å²) in [5.41, 5.74) is 1.85. The Morgan fingerprint density at radius 1 is 1.58 bits per heavy atom. The van der Waals surface area contributed by atoms with E-state index in [0.29, 0.717) is 0 Å². The van der Waals surface area contributed by atoms with Gasteiger partial charge < -0.3 is 5.32 Å². The van der Waals surface area contributed by atoms with E-state index in [1.165, 1.54) is 0 Å². The SMILES string of the molecule is CC1(C)CNCCN1CC=CCl. The zero-order chi connectivity index (χ0) is 9.03. The van der Waals surface area contributed by atoms with E-state index in [1.54, 1.807) is 5.54 Å². The van der Waals surface area contributed by atoms with Crippen LogP contribution in [-0.2, 0) is 0 Å². The van der Waals surface area contributed by atoms with Gasteiger partial charge in [-0.05, 0) is 13.8 Å². The van der Waals surface area contributed by atoms with Gasteiger partial charge in [0, 0.05) is 37.3 Å². The molecule has 0 bridgehead atoms. The Labute approximate surface area is 79.6 Å². The molecule has 2 nitrogen and oxygen atoms in total. The molecule has 0 saturated carbocycles. The molecular formula is C9H17ClN2. The molecule has 0 unspecified atom stereocenters. The van der Waals surface area contributed by atoms with Gasteiger partial charge in [0.2, 0.25) is 0 Å². The number of rotatable bonds is 2. The summed E-state index contributed by atoms with van der Waals surface area (Å²) >= 11 is 5.49. The number of nitrogens with zero attached hydrogens (tertiary/aromatic N) is 1. The van der Waals surface area contributed by atoms with E-state index in [4.69, 9.17) is 11.6 Å². The quantitative estimate of drug-likeness (QED) is 0.706. The minimum atomic E-state index is 0.259. The molecule has 1 fully saturated rings. The molecular weight excluding hydrogens is 172 g/mol. The second-order valence-electron chi connectivity index (χ2n) is 3.80. The smallest absolute Gasteiger partial charge is 0.0281 e. The zero-order valence-corrected chi connectivity index (χ0v) is 8.56. The van der Waals surface area contributed by atoms with E-state index in [2.05, 4.69) is 24.1 Å². The van der Waals surface area contributed by atoms with Crippen LogP contribution in [0.1, 0.15) is 13.8 Å². The van der Waals surface area contributed by atoms with Crippen molar-refractivity contribution in [1.82, 2.24) is 10.2 Å². The fourth-order valence-electron chi connectivity index (χ4n) is 1.53. The van der Waals surface area contributed by atoms with Crippen LogP contribution in [0, 0.1) is 0 Å². The van der Waals surface area contributed by atoms with E-state index < -0.39 is 0 Å². The Bertz CT molecular complexity index is 166. The van der Waals surface area contributed by atoms with Crippen molar-refractivity contribution in [2.24, 2.45) is 0 Å². The van der Waals surface area contributed by atoms with Crippen molar-refractivity contribution < 1.29 is 0 Å². The largest absolute Gasteiger partial charge is 0.314 e. The number of halogens is 1. The molecule has 12 heavy (non-hydrogen) atoms. The molecule has 1 aliphatic heterocycles. The first-order chi connectivity index (χ1) is 5.67. The van der Waals surface area contributed by atoms with Crippen LogP contribution in [0.25, 0.3) is 0 Å². The molecule has 1 N–H and O–H groups in total. The van der Waals surface area contributed by atoms with Gasteiger partial charge in [0.05, 0.1) is 0 Å². The highest BCUT2D eigenvalue weighted by atomic mass is 35.5. The lowest BCUT2D eigenvalue weighted by Gasteiger charge is -2.42. The first kappa shape index (κ1) is 10.0. The van der Waals surface area contributed by atoms with Crippen molar-refractivity contribution in [2.75, 3.05) is 26.2 Å². The molecule has 1 heterocycles. The minimum Gasteiger partial charge on any atom is -0.314 e. The zero-order valence-electron chi connectivity index (χ0n) is 7.81. The van der Waals surface area contributed by atoms with Crippen molar-refractivity contribution in [2.45, 2.75) is 19.4 Å². The highest BCUT2D eigenvalue weighted by Crippen LogP contribution is 2.15. The van der Waals surface area contributed by atoms with Gasteiger partial charge in [-0.3, -0.25) is 4.90 Å². The van der Waals surface area contributed by atoms with Gasteiger partial charge >= 0.3 is 0 Å². The Balaban J connectivity index is 2.48. The maximum atomic E-state index is 5.49. The van der Waals surface area contributed by atoms with Gasteiger partial charge in [-0.1, -0.05) is 17.7 Å². The van der Waals surface area contributed by atoms with E-state index >= 15 is 0 Å². The van der Waals surface area contributed by atoms with Gasteiger partial charge in [-0.15, -0.1) is 0 Å². The Morgan fingerprint density at radius 3 is 2.92 bits per heavy atom. The fraction of sp³-hybridized carbons (Fsp3) is 0.778. The summed E-state index contributed by atoms with van der Waals surface area (Å²) in [5.74, 6) is 0. The van der Waals surface area contributed by atoms with E-state index in [9.17, 15) is 0 Å². The van der Waals surface area contributed by atoms with Crippen LogP contribution in [0.2, 0.25) is 0 Å². The normalized spacial score (nSPS) is 24.9. The summed E-state index contributed by atoms with van der Waals surface area (Å²) in [6.07, 6.45) is 1.99. The first-order valence-corrected chi connectivity index (χ1v) is 4.81. The molecule has 1 rings (SSSR count). The highest BCUT2D eigenvalue weighted by molar-refractivity contribution is 6.25. The van der Waals surface area contributed by atoms with Crippen molar-refractivity contribution >= 4 is 11.6 Å². The van der Waals surface area contributed by atoms with Gasteiger partial charge in [0.15, 0.2) is 0 Å². The lowest BCUT2D eigenvalue weighted by atomic mass is 10.0.